The quantitative estimate of drug-likeness (QED) is 0.316. The van der Waals surface area contributed by atoms with Gasteiger partial charge in [-0.25, -0.2) is 0 Å². The van der Waals surface area contributed by atoms with E-state index < -0.39 is 0 Å². The van der Waals surface area contributed by atoms with Crippen molar-refractivity contribution in [2.24, 2.45) is 0 Å². The van der Waals surface area contributed by atoms with E-state index in [2.05, 4.69) is 47.2 Å². The lowest BCUT2D eigenvalue weighted by Crippen LogP contribution is -2.14. The smallest absolute Gasteiger partial charge is 0.196 e. The molecule has 0 aliphatic rings. The van der Waals surface area contributed by atoms with E-state index in [9.17, 15) is 4.79 Å². The molecule has 0 fully saturated rings. The highest BCUT2D eigenvalue weighted by Gasteiger charge is 2.22. The minimum absolute atomic E-state index is 0.0701. The maximum absolute atomic E-state index is 12.9. The number of benzene rings is 2. The molecule has 2 aromatic carbocycles. The third-order valence-corrected chi connectivity index (χ3v) is 6.07. The number of pyridine rings is 1. The molecule has 0 aliphatic carbocycles. The lowest BCUT2D eigenvalue weighted by atomic mass is 10.1. The molecule has 5 nitrogen and oxygen atoms in total. The van der Waals surface area contributed by atoms with Crippen molar-refractivity contribution < 1.29 is 4.79 Å². The Balaban J connectivity index is 1.75. The largest absolute Gasteiger partial charge is 0.293 e. The second-order valence-electron chi connectivity index (χ2n) is 7.14. The maximum atomic E-state index is 12.9. The standard InChI is InChI=1S/C24H22N4OS/c1-16-9-10-21(15-17(16)2)28-23(20-11-13-25-14-12-20)26-27-24(28)30-18(3)22(29)19-7-5-4-6-8-19/h4-15,18H,1-3H3. The highest BCUT2D eigenvalue weighted by molar-refractivity contribution is 8.00. The lowest BCUT2D eigenvalue weighted by Gasteiger charge is -2.14. The predicted molar refractivity (Wildman–Crippen MR) is 120 cm³/mol. The van der Waals surface area contributed by atoms with Crippen LogP contribution in [0.15, 0.2) is 78.2 Å². The molecule has 30 heavy (non-hydrogen) atoms. The van der Waals surface area contributed by atoms with Crippen LogP contribution in [0.2, 0.25) is 0 Å². The van der Waals surface area contributed by atoms with Gasteiger partial charge in [0, 0.05) is 23.5 Å². The minimum atomic E-state index is -0.299. The third-order valence-electron chi connectivity index (χ3n) is 5.03. The second kappa shape index (κ2) is 8.63. The topological polar surface area (TPSA) is 60.7 Å². The van der Waals surface area contributed by atoms with E-state index in [1.165, 1.54) is 22.9 Å². The average Bonchev–Trinajstić information content (AvgIpc) is 3.19. The van der Waals surface area contributed by atoms with Gasteiger partial charge >= 0.3 is 0 Å². The van der Waals surface area contributed by atoms with Gasteiger partial charge in [0.25, 0.3) is 0 Å². The Kier molecular flexibility index (Phi) is 5.77. The van der Waals surface area contributed by atoms with Crippen LogP contribution in [-0.4, -0.2) is 30.8 Å². The second-order valence-corrected chi connectivity index (χ2v) is 8.44. The van der Waals surface area contributed by atoms with Gasteiger partial charge in [0.15, 0.2) is 16.8 Å². The number of aryl methyl sites for hydroxylation is 2. The van der Waals surface area contributed by atoms with Gasteiger partial charge in [-0.05, 0) is 56.2 Å². The molecule has 4 rings (SSSR count). The first-order valence-electron chi connectivity index (χ1n) is 9.74. The number of ketones is 1. The number of Topliss-reactive ketones (excluding diaryl/α,β-unsaturated/α-hetero) is 1. The number of hydrogen-bond acceptors (Lipinski definition) is 5. The van der Waals surface area contributed by atoms with Crippen LogP contribution in [0.5, 0.6) is 0 Å². The Morgan fingerprint density at radius 3 is 2.37 bits per heavy atom. The van der Waals surface area contributed by atoms with Crippen molar-refractivity contribution in [2.75, 3.05) is 0 Å². The highest BCUT2D eigenvalue weighted by Crippen LogP contribution is 2.31. The van der Waals surface area contributed by atoms with E-state index in [4.69, 9.17) is 0 Å². The van der Waals surface area contributed by atoms with Gasteiger partial charge in [-0.1, -0.05) is 48.2 Å². The van der Waals surface area contributed by atoms with Crippen LogP contribution in [0.1, 0.15) is 28.4 Å². The van der Waals surface area contributed by atoms with Gasteiger partial charge < -0.3 is 0 Å². The summed E-state index contributed by atoms with van der Waals surface area (Å²) < 4.78 is 2.02. The van der Waals surface area contributed by atoms with Crippen molar-refractivity contribution in [3.05, 3.63) is 89.7 Å². The number of hydrogen-bond donors (Lipinski definition) is 0. The van der Waals surface area contributed by atoms with Gasteiger partial charge in [0.1, 0.15) is 0 Å². The van der Waals surface area contributed by atoms with Crippen molar-refractivity contribution in [3.8, 4) is 17.1 Å². The summed E-state index contributed by atoms with van der Waals surface area (Å²) >= 11 is 1.42. The van der Waals surface area contributed by atoms with E-state index in [0.29, 0.717) is 10.7 Å². The van der Waals surface area contributed by atoms with Crippen LogP contribution in [0.25, 0.3) is 17.1 Å². The molecule has 0 bridgehead atoms. The van der Waals surface area contributed by atoms with Crippen LogP contribution < -0.4 is 0 Å². The van der Waals surface area contributed by atoms with Crippen LogP contribution in [-0.2, 0) is 0 Å². The predicted octanol–water partition coefficient (Wildman–Crippen LogP) is 5.31. The molecule has 1 atom stereocenters. The molecule has 0 saturated heterocycles. The summed E-state index contributed by atoms with van der Waals surface area (Å²) in [6.45, 7) is 6.08. The monoisotopic (exact) mass is 414 g/mol. The van der Waals surface area contributed by atoms with E-state index in [1.54, 1.807) is 12.4 Å². The fourth-order valence-electron chi connectivity index (χ4n) is 3.18. The molecule has 0 saturated carbocycles. The first-order valence-corrected chi connectivity index (χ1v) is 10.6. The molecular formula is C24H22N4OS. The molecular weight excluding hydrogens is 392 g/mol. The van der Waals surface area contributed by atoms with E-state index >= 15 is 0 Å². The maximum Gasteiger partial charge on any atom is 0.196 e. The molecule has 4 aromatic rings. The summed E-state index contributed by atoms with van der Waals surface area (Å²) in [5.41, 5.74) is 5.00. The normalized spacial score (nSPS) is 12.0. The van der Waals surface area contributed by atoms with E-state index in [1.807, 2.05) is 54.0 Å². The summed E-state index contributed by atoms with van der Waals surface area (Å²) in [7, 11) is 0. The Morgan fingerprint density at radius 1 is 0.933 bits per heavy atom. The number of nitrogens with zero attached hydrogens (tertiary/aromatic N) is 4. The molecule has 0 spiro atoms. The van der Waals surface area contributed by atoms with E-state index in [0.717, 1.165) is 17.1 Å². The number of thioether (sulfide) groups is 1. The molecule has 1 unspecified atom stereocenters. The summed E-state index contributed by atoms with van der Waals surface area (Å²) in [5, 5.41) is 9.28. The van der Waals surface area contributed by atoms with Gasteiger partial charge in [0.05, 0.1) is 10.9 Å². The van der Waals surface area contributed by atoms with E-state index in [-0.39, 0.29) is 11.0 Å². The molecule has 0 radical (unpaired) electrons. The van der Waals surface area contributed by atoms with Crippen molar-refractivity contribution in [2.45, 2.75) is 31.2 Å². The average molecular weight is 415 g/mol. The van der Waals surface area contributed by atoms with Crippen LogP contribution >= 0.6 is 11.8 Å². The molecule has 0 aliphatic heterocycles. The minimum Gasteiger partial charge on any atom is -0.293 e. The third kappa shape index (κ3) is 4.04. The Bertz CT molecular complexity index is 1170. The fourth-order valence-corrected chi connectivity index (χ4v) is 4.13. The Labute approximate surface area is 180 Å². The lowest BCUT2D eigenvalue weighted by molar-refractivity contribution is 0.0994. The molecule has 150 valence electrons. The van der Waals surface area contributed by atoms with Gasteiger partial charge in [-0.3, -0.25) is 14.3 Å². The summed E-state index contributed by atoms with van der Waals surface area (Å²) in [6, 6.07) is 19.4. The first kappa shape index (κ1) is 20.0. The fraction of sp³-hybridized carbons (Fsp3) is 0.167. The Hall–Kier alpha value is -3.25. The zero-order valence-electron chi connectivity index (χ0n) is 17.1. The van der Waals surface area contributed by atoms with Gasteiger partial charge in [-0.15, -0.1) is 10.2 Å². The molecule has 6 heteroatoms. The van der Waals surface area contributed by atoms with Gasteiger partial charge in [0.2, 0.25) is 0 Å². The molecule has 2 aromatic heterocycles. The number of rotatable bonds is 6. The van der Waals surface area contributed by atoms with Gasteiger partial charge in [-0.2, -0.15) is 0 Å². The SMILES string of the molecule is Cc1ccc(-n2c(SC(C)C(=O)c3ccccc3)nnc2-c2ccncc2)cc1C. The van der Waals surface area contributed by atoms with Crippen molar-refractivity contribution in [1.29, 1.82) is 0 Å². The Morgan fingerprint density at radius 2 is 1.67 bits per heavy atom. The van der Waals surface area contributed by atoms with Crippen molar-refractivity contribution in [3.63, 3.8) is 0 Å². The summed E-state index contributed by atoms with van der Waals surface area (Å²) in [5.74, 6) is 0.795. The molecule has 2 heterocycles. The molecule has 0 amide bonds. The first-order chi connectivity index (χ1) is 14.5. The van der Waals surface area contributed by atoms with Crippen LogP contribution in [0, 0.1) is 13.8 Å². The number of carbonyl (C=O) groups is 1. The highest BCUT2D eigenvalue weighted by atomic mass is 32.2. The van der Waals surface area contributed by atoms with Crippen LogP contribution in [0.4, 0.5) is 0 Å². The summed E-state index contributed by atoms with van der Waals surface area (Å²) in [6.07, 6.45) is 3.48. The van der Waals surface area contributed by atoms with Crippen molar-refractivity contribution in [1.82, 2.24) is 19.7 Å². The summed E-state index contributed by atoms with van der Waals surface area (Å²) in [4.78, 5) is 17.0. The zero-order valence-corrected chi connectivity index (χ0v) is 17.9. The zero-order chi connectivity index (χ0) is 21.1. The number of carbonyl (C=O) groups excluding carboxylic acids is 1. The number of aromatic nitrogens is 4. The molecule has 0 N–H and O–H groups in total. The van der Waals surface area contributed by atoms with Crippen LogP contribution in [0.3, 0.4) is 0 Å². The van der Waals surface area contributed by atoms with Crippen molar-refractivity contribution >= 4 is 17.5 Å².